The molecule has 0 aliphatic heterocycles. The van der Waals surface area contributed by atoms with E-state index in [1.54, 1.807) is 12.1 Å². The van der Waals surface area contributed by atoms with Crippen LogP contribution in [0.25, 0.3) is 31.1 Å². The van der Waals surface area contributed by atoms with E-state index in [0.717, 1.165) is 38.1 Å². The van der Waals surface area contributed by atoms with Crippen LogP contribution in [0.1, 0.15) is 25.3 Å². The maximum atomic E-state index is 13.4. The van der Waals surface area contributed by atoms with Crippen LogP contribution in [0.2, 0.25) is 0 Å². The number of rotatable bonds is 7. The predicted octanol–water partition coefficient (Wildman–Crippen LogP) is 5.78. The number of nitrogens with zero attached hydrogens (tertiary/aromatic N) is 1. The Bertz CT molecular complexity index is 1300. The average Bonchev–Trinajstić information content (AvgIpc) is 2.75. The molecular weight excluding hydrogens is 423 g/mol. The second-order valence-electron chi connectivity index (χ2n) is 7.35. The second-order valence-corrected chi connectivity index (χ2v) is 8.40. The molecular formula is C23H22F3N3OS. The maximum Gasteiger partial charge on any atom is 0.416 e. The molecule has 0 radical (unpaired) electrons. The van der Waals surface area contributed by atoms with Crippen LogP contribution < -0.4 is 16.1 Å². The lowest BCUT2D eigenvalue weighted by Gasteiger charge is -2.13. The molecule has 0 aliphatic rings. The molecule has 0 bridgehead atoms. The summed E-state index contributed by atoms with van der Waals surface area (Å²) < 4.78 is 40.8. The van der Waals surface area contributed by atoms with Crippen molar-refractivity contribution in [2.75, 3.05) is 25.0 Å². The summed E-state index contributed by atoms with van der Waals surface area (Å²) in [4.78, 5) is 18.1. The van der Waals surface area contributed by atoms with Gasteiger partial charge < -0.3 is 10.6 Å². The molecule has 0 spiro atoms. The van der Waals surface area contributed by atoms with Crippen molar-refractivity contribution >= 4 is 48.2 Å². The minimum absolute atomic E-state index is 0.0818. The number of benzene rings is 2. The molecule has 0 amide bonds. The summed E-state index contributed by atoms with van der Waals surface area (Å²) in [6, 6.07) is 10.6. The lowest BCUT2D eigenvalue weighted by atomic mass is 10.1. The first-order valence-electron chi connectivity index (χ1n) is 10.2. The van der Waals surface area contributed by atoms with Crippen LogP contribution in [0, 0.1) is 0 Å². The van der Waals surface area contributed by atoms with Crippen molar-refractivity contribution in [3.63, 3.8) is 0 Å². The van der Waals surface area contributed by atoms with E-state index in [2.05, 4.69) is 17.6 Å². The van der Waals surface area contributed by atoms with Crippen LogP contribution in [0.15, 0.2) is 47.3 Å². The highest BCUT2D eigenvalue weighted by molar-refractivity contribution is 7.25. The number of aromatic nitrogens is 1. The van der Waals surface area contributed by atoms with Crippen molar-refractivity contribution in [2.24, 2.45) is 0 Å². The lowest BCUT2D eigenvalue weighted by Crippen LogP contribution is -2.19. The zero-order chi connectivity index (χ0) is 22.0. The van der Waals surface area contributed by atoms with Gasteiger partial charge in [0, 0.05) is 22.0 Å². The van der Waals surface area contributed by atoms with Gasteiger partial charge in [0.15, 0.2) is 5.43 Å². The van der Waals surface area contributed by atoms with Gasteiger partial charge in [-0.3, -0.25) is 4.79 Å². The fourth-order valence-electron chi connectivity index (χ4n) is 3.58. The first kappa shape index (κ1) is 21.5. The standard InChI is InChI=1S/C23H22F3N3OS/c1-2-10-27-11-5-12-28-22-21-19(15-6-3-4-7-17(15)29-22)20(30)16-13-14(23(24,25)26)8-9-18(16)31-21/h3-4,6-9,13,27H,2,5,10-12H2,1H3,(H,28,29). The number of hydrogen-bond donors (Lipinski definition) is 2. The van der Waals surface area contributed by atoms with Crippen LogP contribution in [0.4, 0.5) is 19.0 Å². The molecule has 0 aliphatic carbocycles. The Balaban J connectivity index is 1.85. The summed E-state index contributed by atoms with van der Waals surface area (Å²) in [5.41, 5.74) is -0.585. The molecule has 2 heterocycles. The van der Waals surface area contributed by atoms with Gasteiger partial charge in [-0.1, -0.05) is 25.1 Å². The quantitative estimate of drug-likeness (QED) is 0.215. The van der Waals surface area contributed by atoms with Crippen molar-refractivity contribution in [1.29, 1.82) is 0 Å². The van der Waals surface area contributed by atoms with E-state index in [0.29, 0.717) is 38.1 Å². The first-order chi connectivity index (χ1) is 14.9. The Morgan fingerprint density at radius 3 is 2.61 bits per heavy atom. The molecule has 2 aromatic heterocycles. The fraction of sp³-hybridized carbons (Fsp3) is 0.304. The van der Waals surface area contributed by atoms with Gasteiger partial charge in [0.2, 0.25) is 0 Å². The highest BCUT2D eigenvalue weighted by atomic mass is 32.1. The number of fused-ring (bicyclic) bond motifs is 4. The van der Waals surface area contributed by atoms with E-state index >= 15 is 0 Å². The van der Waals surface area contributed by atoms with E-state index in [-0.39, 0.29) is 5.39 Å². The number of nitrogens with one attached hydrogen (secondary N) is 2. The Morgan fingerprint density at radius 1 is 1.03 bits per heavy atom. The Morgan fingerprint density at radius 2 is 1.84 bits per heavy atom. The second kappa shape index (κ2) is 8.80. The monoisotopic (exact) mass is 445 g/mol. The van der Waals surface area contributed by atoms with Gasteiger partial charge in [-0.05, 0) is 50.2 Å². The number of para-hydroxylation sites is 1. The summed E-state index contributed by atoms with van der Waals surface area (Å²) in [7, 11) is 0. The number of alkyl halides is 3. The van der Waals surface area contributed by atoms with Crippen molar-refractivity contribution in [3.8, 4) is 0 Å². The van der Waals surface area contributed by atoms with E-state index in [1.807, 2.05) is 12.1 Å². The highest BCUT2D eigenvalue weighted by Crippen LogP contribution is 2.36. The normalized spacial score (nSPS) is 12.1. The smallest absolute Gasteiger partial charge is 0.369 e. The van der Waals surface area contributed by atoms with Gasteiger partial charge >= 0.3 is 6.18 Å². The molecule has 31 heavy (non-hydrogen) atoms. The van der Waals surface area contributed by atoms with E-state index < -0.39 is 17.2 Å². The van der Waals surface area contributed by atoms with E-state index in [1.165, 1.54) is 17.4 Å². The van der Waals surface area contributed by atoms with Gasteiger partial charge in [0.05, 0.1) is 21.2 Å². The molecule has 4 rings (SSSR count). The van der Waals surface area contributed by atoms with Crippen LogP contribution >= 0.6 is 11.3 Å². The topological polar surface area (TPSA) is 54.0 Å². The van der Waals surface area contributed by atoms with E-state index in [9.17, 15) is 18.0 Å². The van der Waals surface area contributed by atoms with Crippen LogP contribution in [0.3, 0.4) is 0 Å². The van der Waals surface area contributed by atoms with Gasteiger partial charge in [0.25, 0.3) is 0 Å². The molecule has 0 unspecified atom stereocenters. The SMILES string of the molecule is CCCNCCCNc1nc2ccccc2c2c(=O)c3cc(C(F)(F)F)ccc3sc12. The molecule has 0 saturated heterocycles. The fourth-order valence-corrected chi connectivity index (χ4v) is 4.72. The van der Waals surface area contributed by atoms with E-state index in [4.69, 9.17) is 4.98 Å². The molecule has 0 atom stereocenters. The summed E-state index contributed by atoms with van der Waals surface area (Å²) in [5.74, 6) is 0.591. The molecule has 8 heteroatoms. The number of hydrogen-bond acceptors (Lipinski definition) is 5. The van der Waals surface area contributed by atoms with Crippen LogP contribution in [-0.4, -0.2) is 24.6 Å². The lowest BCUT2D eigenvalue weighted by molar-refractivity contribution is -0.137. The number of pyridine rings is 1. The van der Waals surface area contributed by atoms with Crippen LogP contribution in [0.5, 0.6) is 0 Å². The van der Waals surface area contributed by atoms with Crippen LogP contribution in [-0.2, 0) is 6.18 Å². The number of halogens is 3. The minimum atomic E-state index is -4.50. The van der Waals surface area contributed by atoms with Gasteiger partial charge in [0.1, 0.15) is 5.82 Å². The molecule has 162 valence electrons. The summed E-state index contributed by atoms with van der Waals surface area (Å²) >= 11 is 1.29. The van der Waals surface area contributed by atoms with Gasteiger partial charge in [-0.25, -0.2) is 4.98 Å². The average molecular weight is 446 g/mol. The van der Waals surface area contributed by atoms with Crippen molar-refractivity contribution in [1.82, 2.24) is 10.3 Å². The van der Waals surface area contributed by atoms with Gasteiger partial charge in [-0.2, -0.15) is 13.2 Å². The Labute approximate surface area is 181 Å². The zero-order valence-corrected chi connectivity index (χ0v) is 17.8. The summed E-state index contributed by atoms with van der Waals surface area (Å²) in [6.45, 7) is 4.61. The highest BCUT2D eigenvalue weighted by Gasteiger charge is 2.31. The zero-order valence-electron chi connectivity index (χ0n) is 17.0. The maximum absolute atomic E-state index is 13.4. The Hall–Kier alpha value is -2.71. The molecule has 0 fully saturated rings. The summed E-state index contributed by atoms with van der Waals surface area (Å²) in [5, 5.41) is 7.80. The van der Waals surface area contributed by atoms with Crippen molar-refractivity contribution < 1.29 is 13.2 Å². The summed E-state index contributed by atoms with van der Waals surface area (Å²) in [6.07, 6.45) is -2.55. The third-order valence-corrected chi connectivity index (χ3v) is 6.27. The van der Waals surface area contributed by atoms with Gasteiger partial charge in [-0.15, -0.1) is 11.3 Å². The molecule has 4 nitrogen and oxygen atoms in total. The Kier molecular flexibility index (Phi) is 6.11. The van der Waals surface area contributed by atoms with Crippen molar-refractivity contribution in [3.05, 3.63) is 58.3 Å². The predicted molar refractivity (Wildman–Crippen MR) is 122 cm³/mol. The number of anilines is 1. The largest absolute Gasteiger partial charge is 0.416 e. The minimum Gasteiger partial charge on any atom is -0.369 e. The molecule has 4 aromatic rings. The molecule has 2 N–H and O–H groups in total. The third-order valence-electron chi connectivity index (χ3n) is 5.09. The van der Waals surface area contributed by atoms with Crippen molar-refractivity contribution in [2.45, 2.75) is 25.9 Å². The first-order valence-corrected chi connectivity index (χ1v) is 11.0. The third kappa shape index (κ3) is 4.36. The molecule has 2 aromatic carbocycles. The molecule has 0 saturated carbocycles.